The Kier molecular flexibility index (Phi) is 3.30. The Morgan fingerprint density at radius 1 is 1.69 bits per heavy atom. The second-order valence-corrected chi connectivity index (χ2v) is 5.68. The molecule has 2 N–H and O–H groups in total. The third-order valence-electron chi connectivity index (χ3n) is 3.23. The van der Waals surface area contributed by atoms with Gasteiger partial charge < -0.3 is 10.6 Å². The Morgan fingerprint density at radius 3 is 3.06 bits per heavy atom. The van der Waals surface area contributed by atoms with Gasteiger partial charge in [0.2, 0.25) is 5.91 Å². The standard InChI is InChI=1S/C12H18N2OS/c1-9(10-4-3-7-16-10)14-11(15)12(2)5-6-13-8-12/h3-4,7,9,13H,5-6,8H2,1-2H3,(H,14,15)/t9-,12?/m0/s1. The first-order valence-corrected chi connectivity index (χ1v) is 6.55. The van der Waals surface area contributed by atoms with Gasteiger partial charge in [-0.1, -0.05) is 6.07 Å². The molecule has 0 saturated carbocycles. The fraction of sp³-hybridized carbons (Fsp3) is 0.583. The first-order chi connectivity index (χ1) is 7.62. The topological polar surface area (TPSA) is 41.1 Å². The van der Waals surface area contributed by atoms with Crippen molar-refractivity contribution >= 4 is 17.2 Å². The van der Waals surface area contributed by atoms with Crippen molar-refractivity contribution in [2.75, 3.05) is 13.1 Å². The molecule has 4 heteroatoms. The maximum atomic E-state index is 12.1. The van der Waals surface area contributed by atoms with Crippen LogP contribution in [0.15, 0.2) is 17.5 Å². The van der Waals surface area contributed by atoms with E-state index in [2.05, 4.69) is 16.7 Å². The zero-order valence-corrected chi connectivity index (χ0v) is 10.6. The largest absolute Gasteiger partial charge is 0.348 e. The van der Waals surface area contributed by atoms with Gasteiger partial charge in [-0.25, -0.2) is 0 Å². The number of carbonyl (C=O) groups excluding carboxylic acids is 1. The minimum atomic E-state index is -0.231. The van der Waals surface area contributed by atoms with E-state index in [1.807, 2.05) is 25.3 Å². The molecule has 1 aromatic rings. The molecular weight excluding hydrogens is 220 g/mol. The zero-order valence-electron chi connectivity index (χ0n) is 9.75. The fourth-order valence-corrected chi connectivity index (χ4v) is 2.72. The summed E-state index contributed by atoms with van der Waals surface area (Å²) in [6, 6.07) is 4.19. The molecule has 1 aliphatic heterocycles. The number of thiophene rings is 1. The monoisotopic (exact) mass is 238 g/mol. The Balaban J connectivity index is 1.97. The van der Waals surface area contributed by atoms with Crippen LogP contribution in [-0.2, 0) is 4.79 Å². The molecule has 1 amide bonds. The van der Waals surface area contributed by atoms with E-state index >= 15 is 0 Å². The van der Waals surface area contributed by atoms with Gasteiger partial charge in [0.05, 0.1) is 11.5 Å². The highest BCUT2D eigenvalue weighted by Crippen LogP contribution is 2.26. The molecule has 1 aliphatic rings. The van der Waals surface area contributed by atoms with Crippen LogP contribution >= 0.6 is 11.3 Å². The first-order valence-electron chi connectivity index (χ1n) is 5.67. The lowest BCUT2D eigenvalue weighted by molar-refractivity contribution is -0.129. The van der Waals surface area contributed by atoms with E-state index in [1.54, 1.807) is 11.3 Å². The molecular formula is C12H18N2OS. The van der Waals surface area contributed by atoms with Crippen molar-refractivity contribution in [1.82, 2.24) is 10.6 Å². The van der Waals surface area contributed by atoms with Crippen LogP contribution in [0.5, 0.6) is 0 Å². The number of nitrogens with one attached hydrogen (secondary N) is 2. The third-order valence-corrected chi connectivity index (χ3v) is 4.29. The minimum absolute atomic E-state index is 0.116. The normalized spacial score (nSPS) is 26.6. The van der Waals surface area contributed by atoms with E-state index in [9.17, 15) is 4.79 Å². The van der Waals surface area contributed by atoms with Crippen LogP contribution in [0, 0.1) is 5.41 Å². The predicted octanol–water partition coefficient (Wildman–Crippen LogP) is 1.92. The van der Waals surface area contributed by atoms with Gasteiger partial charge in [0.1, 0.15) is 0 Å². The van der Waals surface area contributed by atoms with E-state index in [4.69, 9.17) is 0 Å². The van der Waals surface area contributed by atoms with E-state index < -0.39 is 0 Å². The minimum Gasteiger partial charge on any atom is -0.348 e. The highest BCUT2D eigenvalue weighted by molar-refractivity contribution is 7.10. The molecule has 1 unspecified atom stereocenters. The molecule has 2 heterocycles. The first kappa shape index (κ1) is 11.6. The summed E-state index contributed by atoms with van der Waals surface area (Å²) >= 11 is 1.68. The number of amides is 1. The molecule has 2 atom stereocenters. The number of carbonyl (C=O) groups is 1. The molecule has 0 radical (unpaired) electrons. The molecule has 0 aliphatic carbocycles. The SMILES string of the molecule is C[C@H](NC(=O)C1(C)CCNC1)c1cccs1. The second kappa shape index (κ2) is 4.55. The third kappa shape index (κ3) is 2.28. The zero-order chi connectivity index (χ0) is 11.6. The Bertz CT molecular complexity index is 355. The van der Waals surface area contributed by atoms with Crippen LogP contribution in [0.25, 0.3) is 0 Å². The summed E-state index contributed by atoms with van der Waals surface area (Å²) in [5, 5.41) is 8.38. The summed E-state index contributed by atoms with van der Waals surface area (Å²) < 4.78 is 0. The molecule has 0 aromatic carbocycles. The van der Waals surface area contributed by atoms with Gasteiger partial charge >= 0.3 is 0 Å². The smallest absolute Gasteiger partial charge is 0.227 e. The van der Waals surface area contributed by atoms with Crippen LogP contribution < -0.4 is 10.6 Å². The molecule has 1 fully saturated rings. The summed E-state index contributed by atoms with van der Waals surface area (Å²) in [5.74, 6) is 0.165. The summed E-state index contributed by atoms with van der Waals surface area (Å²) in [5.41, 5.74) is -0.231. The van der Waals surface area contributed by atoms with Gasteiger partial charge in [0.15, 0.2) is 0 Å². The fourth-order valence-electron chi connectivity index (χ4n) is 1.99. The van der Waals surface area contributed by atoms with Crippen LogP contribution in [0.1, 0.15) is 31.2 Å². The summed E-state index contributed by atoms with van der Waals surface area (Å²) in [4.78, 5) is 13.3. The Hall–Kier alpha value is -0.870. The number of hydrogen-bond acceptors (Lipinski definition) is 3. The lowest BCUT2D eigenvalue weighted by Crippen LogP contribution is -2.41. The highest BCUT2D eigenvalue weighted by Gasteiger charge is 2.36. The van der Waals surface area contributed by atoms with Gasteiger partial charge in [0, 0.05) is 11.4 Å². The van der Waals surface area contributed by atoms with E-state index in [1.165, 1.54) is 4.88 Å². The van der Waals surface area contributed by atoms with Crippen LogP contribution in [-0.4, -0.2) is 19.0 Å². The summed E-state index contributed by atoms with van der Waals surface area (Å²) in [7, 11) is 0. The lowest BCUT2D eigenvalue weighted by atomic mass is 9.88. The van der Waals surface area contributed by atoms with Crippen molar-refractivity contribution < 1.29 is 4.79 Å². The molecule has 0 bridgehead atoms. The molecule has 1 saturated heterocycles. The van der Waals surface area contributed by atoms with E-state index in [0.29, 0.717) is 0 Å². The molecule has 1 aromatic heterocycles. The van der Waals surface area contributed by atoms with Crippen molar-refractivity contribution in [2.45, 2.75) is 26.3 Å². The van der Waals surface area contributed by atoms with Crippen molar-refractivity contribution in [3.63, 3.8) is 0 Å². The van der Waals surface area contributed by atoms with Crippen molar-refractivity contribution in [2.24, 2.45) is 5.41 Å². The van der Waals surface area contributed by atoms with Crippen molar-refractivity contribution in [3.05, 3.63) is 22.4 Å². The average Bonchev–Trinajstić information content (AvgIpc) is 2.88. The van der Waals surface area contributed by atoms with Crippen molar-refractivity contribution in [3.8, 4) is 0 Å². The number of hydrogen-bond donors (Lipinski definition) is 2. The highest BCUT2D eigenvalue weighted by atomic mass is 32.1. The maximum absolute atomic E-state index is 12.1. The van der Waals surface area contributed by atoms with Crippen LogP contribution in [0.4, 0.5) is 0 Å². The van der Waals surface area contributed by atoms with E-state index in [0.717, 1.165) is 19.5 Å². The quantitative estimate of drug-likeness (QED) is 0.845. The lowest BCUT2D eigenvalue weighted by Gasteiger charge is -2.24. The van der Waals surface area contributed by atoms with Gasteiger partial charge in [-0.15, -0.1) is 11.3 Å². The molecule has 88 valence electrons. The molecule has 16 heavy (non-hydrogen) atoms. The molecule has 0 spiro atoms. The molecule has 2 rings (SSSR count). The van der Waals surface area contributed by atoms with Gasteiger partial charge in [-0.05, 0) is 38.3 Å². The van der Waals surface area contributed by atoms with Gasteiger partial charge in [-0.2, -0.15) is 0 Å². The molecule has 3 nitrogen and oxygen atoms in total. The Morgan fingerprint density at radius 2 is 2.50 bits per heavy atom. The van der Waals surface area contributed by atoms with Crippen LogP contribution in [0.3, 0.4) is 0 Å². The Labute approximate surface area is 100 Å². The summed E-state index contributed by atoms with van der Waals surface area (Å²) in [6.45, 7) is 5.80. The number of rotatable bonds is 3. The second-order valence-electron chi connectivity index (χ2n) is 4.70. The van der Waals surface area contributed by atoms with E-state index in [-0.39, 0.29) is 17.4 Å². The van der Waals surface area contributed by atoms with Crippen LogP contribution in [0.2, 0.25) is 0 Å². The van der Waals surface area contributed by atoms with Crippen molar-refractivity contribution in [1.29, 1.82) is 0 Å². The van der Waals surface area contributed by atoms with Gasteiger partial charge in [0.25, 0.3) is 0 Å². The average molecular weight is 238 g/mol. The maximum Gasteiger partial charge on any atom is 0.227 e. The van der Waals surface area contributed by atoms with Gasteiger partial charge in [-0.3, -0.25) is 4.79 Å². The summed E-state index contributed by atoms with van der Waals surface area (Å²) in [6.07, 6.45) is 0.927. The predicted molar refractivity (Wildman–Crippen MR) is 66.5 cm³/mol.